The number of nitrogens with one attached hydrogen (secondary N) is 1. The molecule has 1 amide bonds. The number of alkyl halides is 3. The molecule has 4 rings (SSSR count). The summed E-state index contributed by atoms with van der Waals surface area (Å²) in [6, 6.07) is 9.01. The lowest BCUT2D eigenvalue weighted by molar-refractivity contribution is -0.137. The van der Waals surface area contributed by atoms with Crippen molar-refractivity contribution in [3.05, 3.63) is 81.7 Å². The fourth-order valence-electron chi connectivity index (χ4n) is 4.03. The van der Waals surface area contributed by atoms with Crippen molar-refractivity contribution in [3.63, 3.8) is 0 Å². The highest BCUT2D eigenvalue weighted by atomic mass is 35.5. The SMILES string of the molecule is Cn1cnc(S(=O)(=O)N2C[C@@H](NC(=O)c3cccc(C(F)(F)F)c3Cl)[C@H](c3ccccc3Cl)C2)c1. The highest BCUT2D eigenvalue weighted by Crippen LogP contribution is 2.37. The number of carbonyl (C=O) groups is 1. The second kappa shape index (κ2) is 9.45. The van der Waals surface area contributed by atoms with Gasteiger partial charge in [0.2, 0.25) is 0 Å². The Labute approximate surface area is 209 Å². The van der Waals surface area contributed by atoms with Gasteiger partial charge in [0.05, 0.1) is 28.5 Å². The van der Waals surface area contributed by atoms with Gasteiger partial charge in [-0.25, -0.2) is 13.4 Å². The van der Waals surface area contributed by atoms with Gasteiger partial charge in [0, 0.05) is 37.3 Å². The van der Waals surface area contributed by atoms with Crippen LogP contribution in [0.2, 0.25) is 10.0 Å². The molecule has 0 unspecified atom stereocenters. The van der Waals surface area contributed by atoms with Gasteiger partial charge in [0.15, 0.2) is 5.03 Å². The van der Waals surface area contributed by atoms with E-state index in [0.29, 0.717) is 10.6 Å². The number of aromatic nitrogens is 2. The van der Waals surface area contributed by atoms with Gasteiger partial charge in [-0.05, 0) is 23.8 Å². The van der Waals surface area contributed by atoms with Gasteiger partial charge in [-0.1, -0.05) is 47.5 Å². The smallest absolute Gasteiger partial charge is 0.347 e. The van der Waals surface area contributed by atoms with Crippen LogP contribution in [0.25, 0.3) is 0 Å². The number of benzene rings is 2. The first-order valence-electron chi connectivity index (χ1n) is 10.3. The average molecular weight is 547 g/mol. The fraction of sp³-hybridized carbons (Fsp3) is 0.273. The number of rotatable bonds is 5. The summed E-state index contributed by atoms with van der Waals surface area (Å²) in [7, 11) is -2.38. The molecule has 35 heavy (non-hydrogen) atoms. The molecule has 1 aliphatic heterocycles. The maximum Gasteiger partial charge on any atom is 0.417 e. The molecule has 0 bridgehead atoms. The monoisotopic (exact) mass is 546 g/mol. The third-order valence-corrected chi connectivity index (χ3v) is 8.21. The van der Waals surface area contributed by atoms with Gasteiger partial charge in [-0.3, -0.25) is 4.79 Å². The second-order valence-corrected chi connectivity index (χ2v) is 10.7. The summed E-state index contributed by atoms with van der Waals surface area (Å²) in [5.41, 5.74) is -0.918. The van der Waals surface area contributed by atoms with Crippen LogP contribution in [0, 0.1) is 0 Å². The van der Waals surface area contributed by atoms with Crippen molar-refractivity contribution in [1.82, 2.24) is 19.2 Å². The number of aryl methyl sites for hydroxylation is 1. The van der Waals surface area contributed by atoms with Crippen molar-refractivity contribution in [3.8, 4) is 0 Å². The molecule has 0 saturated carbocycles. The highest BCUT2D eigenvalue weighted by molar-refractivity contribution is 7.89. The van der Waals surface area contributed by atoms with Crippen LogP contribution in [-0.2, 0) is 23.2 Å². The van der Waals surface area contributed by atoms with Gasteiger partial charge in [-0.15, -0.1) is 0 Å². The van der Waals surface area contributed by atoms with E-state index in [2.05, 4.69) is 10.3 Å². The zero-order valence-electron chi connectivity index (χ0n) is 18.1. The van der Waals surface area contributed by atoms with Crippen LogP contribution >= 0.6 is 23.2 Å². The quantitative estimate of drug-likeness (QED) is 0.516. The van der Waals surface area contributed by atoms with Crippen LogP contribution in [0.4, 0.5) is 13.2 Å². The molecular formula is C22H19Cl2F3N4O3S. The lowest BCUT2D eigenvalue weighted by Gasteiger charge is -2.22. The van der Waals surface area contributed by atoms with E-state index in [0.717, 1.165) is 12.1 Å². The van der Waals surface area contributed by atoms with Crippen molar-refractivity contribution < 1.29 is 26.4 Å². The Kier molecular flexibility index (Phi) is 6.89. The zero-order valence-corrected chi connectivity index (χ0v) is 20.5. The summed E-state index contributed by atoms with van der Waals surface area (Å²) in [6.07, 6.45) is -2.04. The topological polar surface area (TPSA) is 84.3 Å². The number of halogens is 5. The van der Waals surface area contributed by atoms with Gasteiger partial charge in [-0.2, -0.15) is 17.5 Å². The van der Waals surface area contributed by atoms with Gasteiger partial charge < -0.3 is 9.88 Å². The molecule has 2 aromatic carbocycles. The van der Waals surface area contributed by atoms with Crippen LogP contribution in [-0.4, -0.2) is 47.3 Å². The van der Waals surface area contributed by atoms with Crippen LogP contribution in [0.5, 0.6) is 0 Å². The molecule has 1 fully saturated rings. The summed E-state index contributed by atoms with van der Waals surface area (Å²) in [4.78, 5) is 16.9. The molecule has 0 aliphatic carbocycles. The summed E-state index contributed by atoms with van der Waals surface area (Å²) in [5.74, 6) is -1.43. The van der Waals surface area contributed by atoms with Crippen molar-refractivity contribution in [2.24, 2.45) is 7.05 Å². The summed E-state index contributed by atoms with van der Waals surface area (Å²) >= 11 is 12.3. The van der Waals surface area contributed by atoms with E-state index < -0.39 is 44.7 Å². The largest absolute Gasteiger partial charge is 0.417 e. The Morgan fingerprint density at radius 1 is 1.11 bits per heavy atom. The molecule has 7 nitrogen and oxygen atoms in total. The lowest BCUT2D eigenvalue weighted by Crippen LogP contribution is -2.40. The standard InChI is InChI=1S/C22H19Cl2F3N4O3S/c1-30-11-19(28-12-30)35(33,34)31-9-15(13-5-2-3-8-17(13)23)18(10-31)29-21(32)14-6-4-7-16(20(14)24)22(25,26)27/h2-8,11-12,15,18H,9-10H2,1H3,(H,29,32)/t15-,18+/m0/s1. The predicted octanol–water partition coefficient (Wildman–Crippen LogP) is 4.33. The molecule has 1 aromatic heterocycles. The summed E-state index contributed by atoms with van der Waals surface area (Å²) < 4.78 is 68.8. The van der Waals surface area contributed by atoms with E-state index in [9.17, 15) is 26.4 Å². The van der Waals surface area contributed by atoms with Crippen LogP contribution in [0.1, 0.15) is 27.4 Å². The third-order valence-electron chi connectivity index (χ3n) is 5.74. The number of hydrogen-bond donors (Lipinski definition) is 1. The highest BCUT2D eigenvalue weighted by Gasteiger charge is 2.43. The molecule has 0 radical (unpaired) electrons. The first-order chi connectivity index (χ1) is 16.4. The van der Waals surface area contributed by atoms with Crippen LogP contribution in [0.3, 0.4) is 0 Å². The maximum atomic E-state index is 13.3. The predicted molar refractivity (Wildman–Crippen MR) is 124 cm³/mol. The Hall–Kier alpha value is -2.60. The van der Waals surface area contributed by atoms with Crippen molar-refractivity contribution in [2.45, 2.75) is 23.2 Å². The lowest BCUT2D eigenvalue weighted by atomic mass is 9.94. The number of amides is 1. The fourth-order valence-corrected chi connectivity index (χ4v) is 6.08. The Balaban J connectivity index is 1.68. The van der Waals surface area contributed by atoms with E-state index in [1.165, 1.54) is 27.5 Å². The average Bonchev–Trinajstić information content (AvgIpc) is 3.40. The number of sulfonamides is 1. The van der Waals surface area contributed by atoms with Crippen LogP contribution < -0.4 is 5.32 Å². The van der Waals surface area contributed by atoms with E-state index in [1.54, 1.807) is 31.3 Å². The normalized spacial score (nSPS) is 19.1. The molecule has 186 valence electrons. The minimum atomic E-state index is -4.74. The minimum absolute atomic E-state index is 0.0239. The van der Waals surface area contributed by atoms with E-state index in [-0.39, 0.29) is 23.7 Å². The first kappa shape index (κ1) is 25.5. The van der Waals surface area contributed by atoms with Crippen molar-refractivity contribution in [1.29, 1.82) is 0 Å². The zero-order chi connectivity index (χ0) is 25.5. The van der Waals surface area contributed by atoms with Gasteiger partial charge >= 0.3 is 6.18 Å². The number of nitrogens with zero attached hydrogens (tertiary/aromatic N) is 3. The molecule has 2 atom stereocenters. The van der Waals surface area contributed by atoms with E-state index in [1.807, 2.05) is 0 Å². The van der Waals surface area contributed by atoms with Crippen molar-refractivity contribution >= 4 is 39.1 Å². The molecule has 1 saturated heterocycles. The summed E-state index contributed by atoms with van der Waals surface area (Å²) in [5, 5.41) is 2.14. The Bertz CT molecular complexity index is 1380. The summed E-state index contributed by atoms with van der Waals surface area (Å²) in [6.45, 7) is -0.166. The molecule has 13 heteroatoms. The molecule has 1 aliphatic rings. The van der Waals surface area contributed by atoms with Gasteiger partial charge in [0.25, 0.3) is 15.9 Å². The molecular weight excluding hydrogens is 528 g/mol. The molecule has 3 aromatic rings. The Morgan fingerprint density at radius 3 is 2.46 bits per heavy atom. The number of imidazole rings is 1. The second-order valence-electron chi connectivity index (χ2n) is 8.07. The minimum Gasteiger partial charge on any atom is -0.347 e. The van der Waals surface area contributed by atoms with Crippen molar-refractivity contribution in [2.75, 3.05) is 13.1 Å². The molecule has 2 heterocycles. The first-order valence-corrected chi connectivity index (χ1v) is 12.5. The maximum absolute atomic E-state index is 13.3. The van der Waals surface area contributed by atoms with E-state index >= 15 is 0 Å². The Morgan fingerprint density at radius 2 is 1.83 bits per heavy atom. The van der Waals surface area contributed by atoms with Crippen LogP contribution in [0.15, 0.2) is 60.0 Å². The number of hydrogen-bond acceptors (Lipinski definition) is 4. The molecule has 0 spiro atoms. The third kappa shape index (κ3) is 5.04. The number of carbonyl (C=O) groups excluding carboxylic acids is 1. The van der Waals surface area contributed by atoms with Gasteiger partial charge in [0.1, 0.15) is 0 Å². The molecule has 1 N–H and O–H groups in total. The van der Waals surface area contributed by atoms with E-state index in [4.69, 9.17) is 23.2 Å².